The first kappa shape index (κ1) is 16.6. The average Bonchev–Trinajstić information content (AvgIpc) is 2.32. The molecule has 1 aromatic carbocycles. The zero-order valence-electron chi connectivity index (χ0n) is 11.0. The topological polar surface area (TPSA) is 26.0 Å². The third-order valence-corrected chi connectivity index (χ3v) is 4.40. The van der Waals surface area contributed by atoms with Crippen LogP contribution in [-0.4, -0.2) is 12.0 Å². The molecule has 0 bridgehead atoms. The number of rotatable bonds is 6. The lowest BCUT2D eigenvalue weighted by Crippen LogP contribution is -2.11. The molecule has 0 atom stereocenters. The van der Waals surface area contributed by atoms with E-state index in [0.29, 0.717) is 0 Å². The second-order valence-corrected chi connectivity index (χ2v) is 6.14. The Morgan fingerprint density at radius 2 is 1.95 bits per heavy atom. The number of anilines is 1. The van der Waals surface area contributed by atoms with Crippen molar-refractivity contribution in [1.82, 2.24) is 0 Å². The summed E-state index contributed by atoms with van der Waals surface area (Å²) in [5.74, 6) is 1.16. The quantitative estimate of drug-likeness (QED) is 0.453. The maximum absolute atomic E-state index is 12.9. The number of nitrogens with two attached hydrogens (primary N) is 1. The zero-order chi connectivity index (χ0) is 14.5. The van der Waals surface area contributed by atoms with E-state index in [4.69, 9.17) is 5.73 Å². The smallest absolute Gasteiger partial charge is 0.398 e. The van der Waals surface area contributed by atoms with Gasteiger partial charge in [-0.1, -0.05) is 13.3 Å². The molecule has 0 amide bonds. The molecular weight excluding hydrogens is 291 g/mol. The summed E-state index contributed by atoms with van der Waals surface area (Å²) < 4.78 is 38.8. The highest BCUT2D eigenvalue weighted by molar-refractivity contribution is 7.99. The molecule has 19 heavy (non-hydrogen) atoms. The van der Waals surface area contributed by atoms with Crippen LogP contribution in [0, 0.1) is 0 Å². The molecule has 108 valence electrons. The predicted octanol–water partition coefficient (Wildman–Crippen LogP) is 5.04. The number of unbranched alkanes of at least 4 members (excludes halogenated alkanes) is 1. The van der Waals surface area contributed by atoms with Crippen molar-refractivity contribution < 1.29 is 13.2 Å². The number of thioether (sulfide) groups is 2. The van der Waals surface area contributed by atoms with Gasteiger partial charge >= 0.3 is 6.18 Å². The summed E-state index contributed by atoms with van der Waals surface area (Å²) in [5.41, 5.74) is 5.80. The number of halogens is 3. The monoisotopic (exact) mass is 309 g/mol. The van der Waals surface area contributed by atoms with Gasteiger partial charge in [-0.2, -0.15) is 24.9 Å². The Morgan fingerprint density at radius 3 is 2.47 bits per heavy atom. The molecule has 0 unspecified atom stereocenters. The van der Waals surface area contributed by atoms with Crippen LogP contribution in [0.5, 0.6) is 0 Å². The van der Waals surface area contributed by atoms with Crippen LogP contribution in [0.1, 0.15) is 30.9 Å². The second kappa shape index (κ2) is 7.33. The SMILES string of the molecule is CCCCSc1ccc(C(F)(F)F)c(CSC)c1N. The van der Waals surface area contributed by atoms with Crippen molar-refractivity contribution in [2.45, 2.75) is 36.6 Å². The number of benzene rings is 1. The summed E-state index contributed by atoms with van der Waals surface area (Å²) in [7, 11) is 0. The van der Waals surface area contributed by atoms with Crippen LogP contribution in [0.15, 0.2) is 17.0 Å². The van der Waals surface area contributed by atoms with E-state index < -0.39 is 11.7 Å². The minimum Gasteiger partial charge on any atom is -0.398 e. The molecule has 0 saturated carbocycles. The van der Waals surface area contributed by atoms with E-state index in [-0.39, 0.29) is 17.0 Å². The fraction of sp³-hybridized carbons (Fsp3) is 0.538. The largest absolute Gasteiger partial charge is 0.416 e. The molecule has 0 fully saturated rings. The highest BCUT2D eigenvalue weighted by Gasteiger charge is 2.34. The molecule has 1 aromatic rings. The van der Waals surface area contributed by atoms with E-state index in [2.05, 4.69) is 6.92 Å². The molecule has 6 heteroatoms. The van der Waals surface area contributed by atoms with E-state index in [1.807, 2.05) is 0 Å². The predicted molar refractivity (Wildman–Crippen MR) is 78.7 cm³/mol. The van der Waals surface area contributed by atoms with Crippen LogP contribution in [0.4, 0.5) is 18.9 Å². The first-order valence-electron chi connectivity index (χ1n) is 6.02. The van der Waals surface area contributed by atoms with Crippen LogP contribution in [0.3, 0.4) is 0 Å². The average molecular weight is 309 g/mol. The van der Waals surface area contributed by atoms with Gasteiger partial charge in [0.1, 0.15) is 0 Å². The van der Waals surface area contributed by atoms with Crippen LogP contribution in [-0.2, 0) is 11.9 Å². The van der Waals surface area contributed by atoms with Crippen molar-refractivity contribution in [2.24, 2.45) is 0 Å². The van der Waals surface area contributed by atoms with Gasteiger partial charge in [-0.3, -0.25) is 0 Å². The summed E-state index contributed by atoms with van der Waals surface area (Å²) >= 11 is 2.88. The number of hydrogen-bond donors (Lipinski definition) is 1. The maximum Gasteiger partial charge on any atom is 0.416 e. The molecule has 0 radical (unpaired) electrons. The van der Waals surface area contributed by atoms with Crippen LogP contribution >= 0.6 is 23.5 Å². The Morgan fingerprint density at radius 1 is 1.26 bits per heavy atom. The summed E-state index contributed by atoms with van der Waals surface area (Å²) in [6, 6.07) is 2.64. The van der Waals surface area contributed by atoms with Crippen molar-refractivity contribution >= 4 is 29.2 Å². The van der Waals surface area contributed by atoms with Gasteiger partial charge < -0.3 is 5.73 Å². The van der Waals surface area contributed by atoms with Crippen molar-refractivity contribution in [3.05, 3.63) is 23.3 Å². The lowest BCUT2D eigenvalue weighted by Gasteiger charge is -2.17. The van der Waals surface area contributed by atoms with Gasteiger partial charge in [-0.25, -0.2) is 0 Å². The standard InChI is InChI=1S/C13H18F3NS2/c1-3-4-7-19-11-6-5-10(13(14,15)16)9(8-18-2)12(11)17/h5-6H,3-4,7-8,17H2,1-2H3. The molecule has 0 saturated heterocycles. The van der Waals surface area contributed by atoms with Crippen molar-refractivity contribution in [2.75, 3.05) is 17.7 Å². The number of alkyl halides is 3. The summed E-state index contributed by atoms with van der Waals surface area (Å²) in [6.07, 6.45) is -0.476. The van der Waals surface area contributed by atoms with Gasteiger partial charge in [0.05, 0.1) is 5.56 Å². The molecule has 1 nitrogen and oxygen atoms in total. The zero-order valence-corrected chi connectivity index (χ0v) is 12.6. The number of nitrogen functional groups attached to an aromatic ring is 1. The summed E-state index contributed by atoms with van der Waals surface area (Å²) in [6.45, 7) is 2.08. The van der Waals surface area contributed by atoms with Crippen LogP contribution in [0.2, 0.25) is 0 Å². The second-order valence-electron chi connectivity index (χ2n) is 4.14. The fourth-order valence-electron chi connectivity index (χ4n) is 1.66. The van der Waals surface area contributed by atoms with E-state index in [1.165, 1.54) is 29.6 Å². The Balaban J connectivity index is 3.08. The highest BCUT2D eigenvalue weighted by Crippen LogP contribution is 2.39. The van der Waals surface area contributed by atoms with Crippen LogP contribution < -0.4 is 5.73 Å². The summed E-state index contributed by atoms with van der Waals surface area (Å²) in [4.78, 5) is 0.755. The van der Waals surface area contributed by atoms with Gasteiger partial charge in [-0.05, 0) is 36.1 Å². The highest BCUT2D eigenvalue weighted by atomic mass is 32.2. The van der Waals surface area contributed by atoms with Crippen molar-refractivity contribution in [1.29, 1.82) is 0 Å². The molecular formula is C13H18F3NS2. The Labute approximate surface area is 120 Å². The molecule has 2 N–H and O–H groups in total. The molecule has 0 aliphatic rings. The van der Waals surface area contributed by atoms with Gasteiger partial charge in [0.15, 0.2) is 0 Å². The van der Waals surface area contributed by atoms with Crippen molar-refractivity contribution in [3.8, 4) is 0 Å². The lowest BCUT2D eigenvalue weighted by atomic mass is 10.1. The van der Waals surface area contributed by atoms with Crippen molar-refractivity contribution in [3.63, 3.8) is 0 Å². The van der Waals surface area contributed by atoms with Gasteiger partial charge in [0.25, 0.3) is 0 Å². The van der Waals surface area contributed by atoms with Gasteiger partial charge in [-0.15, -0.1) is 11.8 Å². The van der Waals surface area contributed by atoms with Gasteiger partial charge in [0.2, 0.25) is 0 Å². The molecule has 1 rings (SSSR count). The molecule has 0 aliphatic carbocycles. The minimum atomic E-state index is -4.34. The number of hydrogen-bond acceptors (Lipinski definition) is 3. The first-order valence-corrected chi connectivity index (χ1v) is 8.40. The van der Waals surface area contributed by atoms with E-state index in [9.17, 15) is 13.2 Å². The lowest BCUT2D eigenvalue weighted by molar-refractivity contribution is -0.138. The Bertz CT molecular complexity index is 419. The first-order chi connectivity index (χ1) is 8.91. The Kier molecular flexibility index (Phi) is 6.39. The van der Waals surface area contributed by atoms with E-state index >= 15 is 0 Å². The maximum atomic E-state index is 12.9. The van der Waals surface area contributed by atoms with Crippen LogP contribution in [0.25, 0.3) is 0 Å². The minimum absolute atomic E-state index is 0.210. The molecule has 0 aromatic heterocycles. The fourth-order valence-corrected chi connectivity index (χ4v) is 3.36. The third kappa shape index (κ3) is 4.53. The molecule has 0 spiro atoms. The molecule has 0 aliphatic heterocycles. The molecule has 0 heterocycles. The van der Waals surface area contributed by atoms with E-state index in [0.717, 1.165) is 29.6 Å². The summed E-state index contributed by atoms with van der Waals surface area (Å²) in [5, 5.41) is 0. The van der Waals surface area contributed by atoms with E-state index in [1.54, 1.807) is 6.26 Å². The third-order valence-electron chi connectivity index (χ3n) is 2.67. The Hall–Kier alpha value is -0.490. The van der Waals surface area contributed by atoms with Gasteiger partial charge in [0, 0.05) is 16.3 Å². The normalized spacial score (nSPS) is 11.8.